The van der Waals surface area contributed by atoms with E-state index in [9.17, 15) is 17.6 Å². The van der Waals surface area contributed by atoms with Crippen molar-refractivity contribution in [2.45, 2.75) is 20.3 Å². The largest absolute Gasteiger partial charge is 0.395 e. The maximum atomic E-state index is 14.7. The monoisotopic (exact) mass is 444 g/mol. The molecule has 0 aliphatic rings. The molecule has 8 heteroatoms. The quantitative estimate of drug-likeness (QED) is 0.522. The van der Waals surface area contributed by atoms with Gasteiger partial charge in [-0.15, -0.1) is 0 Å². The zero-order valence-corrected chi connectivity index (χ0v) is 18.5. The predicted molar refractivity (Wildman–Crippen MR) is 118 cm³/mol. The van der Waals surface area contributed by atoms with Gasteiger partial charge in [0.1, 0.15) is 5.82 Å². The highest BCUT2D eigenvalue weighted by Gasteiger charge is 2.21. The van der Waals surface area contributed by atoms with E-state index in [0.717, 1.165) is 16.7 Å². The Labute approximate surface area is 181 Å². The van der Waals surface area contributed by atoms with Gasteiger partial charge in [-0.05, 0) is 37.1 Å². The average Bonchev–Trinajstić information content (AvgIpc) is 2.97. The molecule has 0 saturated carbocycles. The van der Waals surface area contributed by atoms with Gasteiger partial charge >= 0.3 is 0 Å². The second-order valence-electron chi connectivity index (χ2n) is 7.55. The van der Waals surface area contributed by atoms with Crippen LogP contribution in [0.5, 0.6) is 0 Å². The van der Waals surface area contributed by atoms with Gasteiger partial charge in [0.25, 0.3) is 0 Å². The Morgan fingerprint density at radius 3 is 2.39 bits per heavy atom. The Bertz CT molecular complexity index is 1220. The Morgan fingerprint density at radius 2 is 1.77 bits per heavy atom. The van der Waals surface area contributed by atoms with Crippen molar-refractivity contribution >= 4 is 21.5 Å². The lowest BCUT2D eigenvalue weighted by molar-refractivity contribution is 0.103. The fourth-order valence-electron chi connectivity index (χ4n) is 3.47. The van der Waals surface area contributed by atoms with E-state index >= 15 is 0 Å². The summed E-state index contributed by atoms with van der Waals surface area (Å²) in [5, 5.41) is 8.80. The van der Waals surface area contributed by atoms with Crippen molar-refractivity contribution in [3.63, 3.8) is 0 Å². The highest BCUT2D eigenvalue weighted by atomic mass is 32.2. The first-order valence-electron chi connectivity index (χ1n) is 9.77. The number of carbonyl (C=O) groups is 1. The molecule has 0 unspecified atom stereocenters. The van der Waals surface area contributed by atoms with E-state index in [1.165, 1.54) is 6.07 Å². The SMILES string of the molecule is Cc1ccc(C(=O)c2cc(F)c(Cc3ccc(NS(=O)(=O)CCO)cc3)n2C)c(C)c1. The van der Waals surface area contributed by atoms with Crippen molar-refractivity contribution in [1.29, 1.82) is 0 Å². The van der Waals surface area contributed by atoms with Crippen LogP contribution in [-0.2, 0) is 23.5 Å². The number of ketones is 1. The standard InChI is InChI=1S/C23H25FN2O4S/c1-15-4-9-19(16(2)12-15)23(28)22-14-20(24)21(26(22)3)13-17-5-7-18(8-6-17)25-31(29,30)11-10-27/h4-9,12,14,25,27H,10-11,13H2,1-3H3. The maximum Gasteiger partial charge on any atom is 0.234 e. The third kappa shape index (κ3) is 5.21. The summed E-state index contributed by atoms with van der Waals surface area (Å²) in [6, 6.07) is 13.3. The molecule has 3 aromatic rings. The Morgan fingerprint density at radius 1 is 1.10 bits per heavy atom. The third-order valence-corrected chi connectivity index (χ3v) is 6.39. The zero-order valence-electron chi connectivity index (χ0n) is 17.6. The second kappa shape index (κ2) is 9.03. The first-order valence-corrected chi connectivity index (χ1v) is 11.4. The van der Waals surface area contributed by atoms with Gasteiger partial charge in [0.05, 0.1) is 23.7 Å². The minimum Gasteiger partial charge on any atom is -0.395 e. The Balaban J connectivity index is 1.82. The molecule has 2 aromatic carbocycles. The Kier molecular flexibility index (Phi) is 6.62. The number of hydrogen-bond donors (Lipinski definition) is 2. The topological polar surface area (TPSA) is 88.4 Å². The summed E-state index contributed by atoms with van der Waals surface area (Å²) < 4.78 is 42.1. The summed E-state index contributed by atoms with van der Waals surface area (Å²) in [4.78, 5) is 13.0. The van der Waals surface area contributed by atoms with Crippen LogP contribution in [0.15, 0.2) is 48.5 Å². The van der Waals surface area contributed by atoms with Crippen molar-refractivity contribution in [1.82, 2.24) is 4.57 Å². The van der Waals surface area contributed by atoms with E-state index in [0.29, 0.717) is 16.9 Å². The molecule has 1 heterocycles. The van der Waals surface area contributed by atoms with Crippen molar-refractivity contribution in [3.8, 4) is 0 Å². The lowest BCUT2D eigenvalue weighted by atomic mass is 10.0. The number of rotatable bonds is 8. The van der Waals surface area contributed by atoms with Gasteiger partial charge in [-0.25, -0.2) is 12.8 Å². The van der Waals surface area contributed by atoms with Crippen LogP contribution in [0.25, 0.3) is 0 Å². The number of anilines is 1. The molecule has 6 nitrogen and oxygen atoms in total. The number of aryl methyl sites for hydroxylation is 2. The van der Waals surface area contributed by atoms with Crippen LogP contribution in [0.3, 0.4) is 0 Å². The van der Waals surface area contributed by atoms with Gasteiger partial charge < -0.3 is 9.67 Å². The van der Waals surface area contributed by atoms with Crippen LogP contribution in [0.2, 0.25) is 0 Å². The highest BCUT2D eigenvalue weighted by molar-refractivity contribution is 7.92. The van der Waals surface area contributed by atoms with Crippen molar-refractivity contribution < 1.29 is 22.7 Å². The molecule has 0 amide bonds. The number of aromatic nitrogens is 1. The fraction of sp³-hybridized carbons (Fsp3) is 0.261. The molecule has 0 fully saturated rings. The number of benzene rings is 2. The van der Waals surface area contributed by atoms with E-state index in [2.05, 4.69) is 4.72 Å². The molecule has 31 heavy (non-hydrogen) atoms. The van der Waals surface area contributed by atoms with Crippen LogP contribution in [-0.4, -0.2) is 36.2 Å². The number of nitrogens with one attached hydrogen (secondary N) is 1. The molecule has 0 bridgehead atoms. The normalized spacial score (nSPS) is 11.5. The molecule has 2 N–H and O–H groups in total. The van der Waals surface area contributed by atoms with Crippen molar-refractivity contribution in [2.24, 2.45) is 7.05 Å². The first kappa shape index (κ1) is 22.7. The van der Waals surface area contributed by atoms with Gasteiger partial charge in [0.15, 0.2) is 0 Å². The molecule has 1 aromatic heterocycles. The number of hydrogen-bond acceptors (Lipinski definition) is 4. The summed E-state index contributed by atoms with van der Waals surface area (Å²) in [6.07, 6.45) is 0.242. The van der Waals surface area contributed by atoms with Gasteiger partial charge in [-0.1, -0.05) is 35.9 Å². The lowest BCUT2D eigenvalue weighted by Gasteiger charge is -2.10. The van der Waals surface area contributed by atoms with Crippen LogP contribution < -0.4 is 4.72 Å². The van der Waals surface area contributed by atoms with Crippen LogP contribution >= 0.6 is 0 Å². The summed E-state index contributed by atoms with van der Waals surface area (Å²) in [6.45, 7) is 3.34. The zero-order chi connectivity index (χ0) is 22.8. The van der Waals surface area contributed by atoms with E-state index in [1.807, 2.05) is 26.0 Å². The van der Waals surface area contributed by atoms with Gasteiger partial charge in [-0.2, -0.15) is 0 Å². The molecule has 0 aliphatic heterocycles. The lowest BCUT2D eigenvalue weighted by Crippen LogP contribution is -2.18. The van der Waals surface area contributed by atoms with Crippen LogP contribution in [0, 0.1) is 19.7 Å². The minimum atomic E-state index is -3.61. The van der Waals surface area contributed by atoms with Crippen LogP contribution in [0.1, 0.15) is 38.4 Å². The molecule has 0 atom stereocenters. The number of nitrogens with zero attached hydrogens (tertiary/aromatic N) is 1. The van der Waals surface area contributed by atoms with Gasteiger partial charge in [0.2, 0.25) is 15.8 Å². The van der Waals surface area contributed by atoms with Crippen LogP contribution in [0.4, 0.5) is 10.1 Å². The summed E-state index contributed by atoms with van der Waals surface area (Å²) >= 11 is 0. The highest BCUT2D eigenvalue weighted by Crippen LogP contribution is 2.22. The van der Waals surface area contributed by atoms with Crippen molar-refractivity contribution in [2.75, 3.05) is 17.1 Å². The fourth-order valence-corrected chi connectivity index (χ4v) is 4.31. The molecule has 0 aliphatic carbocycles. The molecule has 0 spiro atoms. The molecule has 0 saturated heterocycles. The molecule has 164 valence electrons. The smallest absolute Gasteiger partial charge is 0.234 e. The molecule has 3 rings (SSSR count). The summed E-state index contributed by atoms with van der Waals surface area (Å²) in [5.41, 5.74) is 4.18. The number of aliphatic hydroxyl groups is 1. The van der Waals surface area contributed by atoms with E-state index < -0.39 is 22.4 Å². The minimum absolute atomic E-state index is 0.237. The number of sulfonamides is 1. The predicted octanol–water partition coefficient (Wildman–Crippen LogP) is 3.34. The van der Waals surface area contributed by atoms with Crippen molar-refractivity contribution in [3.05, 3.63) is 88.0 Å². The van der Waals surface area contributed by atoms with Gasteiger partial charge in [0, 0.05) is 30.8 Å². The number of halogens is 1. The third-order valence-electron chi connectivity index (χ3n) is 5.12. The Hall–Kier alpha value is -2.97. The summed E-state index contributed by atoms with van der Waals surface area (Å²) in [7, 11) is -1.95. The van der Waals surface area contributed by atoms with E-state index in [4.69, 9.17) is 5.11 Å². The molecule has 0 radical (unpaired) electrons. The number of carbonyl (C=O) groups excluding carboxylic acids is 1. The average molecular weight is 445 g/mol. The van der Waals surface area contributed by atoms with E-state index in [-0.39, 0.29) is 23.7 Å². The first-order chi connectivity index (χ1) is 14.6. The molecular weight excluding hydrogens is 419 g/mol. The summed E-state index contributed by atoms with van der Waals surface area (Å²) in [5.74, 6) is -1.09. The molecular formula is C23H25FN2O4S. The maximum absolute atomic E-state index is 14.7. The second-order valence-corrected chi connectivity index (χ2v) is 9.39. The van der Waals surface area contributed by atoms with E-state index in [1.54, 1.807) is 41.9 Å². The number of aliphatic hydroxyl groups excluding tert-OH is 1. The van der Waals surface area contributed by atoms with Gasteiger partial charge in [-0.3, -0.25) is 9.52 Å².